The Balaban J connectivity index is 1.62. The van der Waals surface area contributed by atoms with Crippen molar-refractivity contribution in [3.63, 3.8) is 0 Å². The van der Waals surface area contributed by atoms with Crippen LogP contribution in [0.15, 0.2) is 29.2 Å². The molecule has 3 aromatic rings. The predicted octanol–water partition coefficient (Wildman–Crippen LogP) is 2.77. The van der Waals surface area contributed by atoms with Crippen molar-refractivity contribution in [2.75, 3.05) is 6.54 Å². The molecule has 1 aliphatic heterocycles. The van der Waals surface area contributed by atoms with E-state index in [9.17, 15) is 4.79 Å². The van der Waals surface area contributed by atoms with Gasteiger partial charge in [-0.05, 0) is 30.7 Å². The maximum atomic E-state index is 12.1. The number of aryl methyl sites for hydroxylation is 1. The topological polar surface area (TPSA) is 64.8 Å². The summed E-state index contributed by atoms with van der Waals surface area (Å²) >= 11 is 6.11. The van der Waals surface area contributed by atoms with E-state index < -0.39 is 0 Å². The summed E-state index contributed by atoms with van der Waals surface area (Å²) in [5.41, 5.74) is 3.99. The van der Waals surface area contributed by atoms with Crippen molar-refractivity contribution in [1.82, 2.24) is 19.9 Å². The van der Waals surface area contributed by atoms with Gasteiger partial charge in [0.05, 0.1) is 11.3 Å². The van der Waals surface area contributed by atoms with Crippen LogP contribution in [0.1, 0.15) is 22.6 Å². The van der Waals surface area contributed by atoms with E-state index in [1.165, 1.54) is 5.56 Å². The van der Waals surface area contributed by atoms with E-state index in [1.54, 1.807) is 0 Å². The average Bonchev–Trinajstić information content (AvgIpc) is 2.90. The Bertz CT molecular complexity index is 943. The molecule has 1 aromatic carbocycles. The van der Waals surface area contributed by atoms with Crippen LogP contribution in [0.5, 0.6) is 0 Å². The quantitative estimate of drug-likeness (QED) is 0.760. The summed E-state index contributed by atoms with van der Waals surface area (Å²) in [6, 6.07) is 5.86. The molecule has 0 atom stereocenters. The Morgan fingerprint density at radius 3 is 3.13 bits per heavy atom. The molecule has 2 N–H and O–H groups in total. The highest BCUT2D eigenvalue weighted by Gasteiger charge is 2.21. The zero-order valence-electron chi connectivity index (χ0n) is 12.8. The van der Waals surface area contributed by atoms with E-state index in [4.69, 9.17) is 11.6 Å². The van der Waals surface area contributed by atoms with Gasteiger partial charge in [0.25, 0.3) is 5.56 Å². The minimum atomic E-state index is -0.0147. The standard InChI is InChI=1S/C17H17ClN4O/c1-10-20-16-4-5-22(9-14(16)17(23)21-10)8-11-7-19-15-3-2-12(18)6-13(11)15/h2-3,6-7,19H,4-5,8-9H2,1H3,(H,20,21,23). The highest BCUT2D eigenvalue weighted by molar-refractivity contribution is 6.31. The fraction of sp³-hybridized carbons (Fsp3) is 0.294. The maximum Gasteiger partial charge on any atom is 0.255 e. The number of nitrogens with zero attached hydrogens (tertiary/aromatic N) is 2. The van der Waals surface area contributed by atoms with Gasteiger partial charge >= 0.3 is 0 Å². The predicted molar refractivity (Wildman–Crippen MR) is 90.7 cm³/mol. The van der Waals surface area contributed by atoms with Crippen LogP contribution in [0.2, 0.25) is 5.02 Å². The molecule has 3 heterocycles. The SMILES string of the molecule is Cc1nc2c(c(=O)[nH]1)CN(Cc1c[nH]c3ccc(Cl)cc13)CC2. The molecule has 0 spiro atoms. The van der Waals surface area contributed by atoms with E-state index in [0.29, 0.717) is 12.4 Å². The minimum absolute atomic E-state index is 0.0147. The Labute approximate surface area is 138 Å². The Kier molecular flexibility index (Phi) is 3.47. The molecule has 5 nitrogen and oxygen atoms in total. The van der Waals surface area contributed by atoms with Crippen molar-refractivity contribution in [3.05, 3.63) is 62.4 Å². The van der Waals surface area contributed by atoms with Gasteiger partial charge in [-0.25, -0.2) is 4.98 Å². The number of fused-ring (bicyclic) bond motifs is 2. The first-order valence-corrected chi connectivity index (χ1v) is 8.04. The van der Waals surface area contributed by atoms with E-state index in [0.717, 1.165) is 46.7 Å². The van der Waals surface area contributed by atoms with Crippen LogP contribution in [0.4, 0.5) is 0 Å². The summed E-state index contributed by atoms with van der Waals surface area (Å²) < 4.78 is 0. The first-order valence-electron chi connectivity index (χ1n) is 7.67. The zero-order chi connectivity index (χ0) is 16.0. The first-order chi connectivity index (χ1) is 11.1. The van der Waals surface area contributed by atoms with Gasteiger partial charge in [0.15, 0.2) is 0 Å². The van der Waals surface area contributed by atoms with Gasteiger partial charge in [-0.3, -0.25) is 9.69 Å². The number of nitrogens with one attached hydrogen (secondary N) is 2. The van der Waals surface area contributed by atoms with Crippen molar-refractivity contribution in [1.29, 1.82) is 0 Å². The Morgan fingerprint density at radius 2 is 2.26 bits per heavy atom. The van der Waals surface area contributed by atoms with Crippen LogP contribution in [-0.4, -0.2) is 26.4 Å². The molecule has 4 rings (SSSR count). The lowest BCUT2D eigenvalue weighted by Crippen LogP contribution is -2.35. The Morgan fingerprint density at radius 1 is 1.39 bits per heavy atom. The summed E-state index contributed by atoms with van der Waals surface area (Å²) in [7, 11) is 0. The molecule has 6 heteroatoms. The number of benzene rings is 1. The van der Waals surface area contributed by atoms with Gasteiger partial charge in [0, 0.05) is 48.2 Å². The third-order valence-electron chi connectivity index (χ3n) is 4.39. The lowest BCUT2D eigenvalue weighted by atomic mass is 10.1. The lowest BCUT2D eigenvalue weighted by Gasteiger charge is -2.27. The van der Waals surface area contributed by atoms with Crippen LogP contribution in [0.3, 0.4) is 0 Å². The molecule has 118 valence electrons. The number of H-pyrrole nitrogens is 2. The summed E-state index contributed by atoms with van der Waals surface area (Å²) in [5.74, 6) is 0.688. The fourth-order valence-electron chi connectivity index (χ4n) is 3.26. The van der Waals surface area contributed by atoms with Crippen molar-refractivity contribution in [3.8, 4) is 0 Å². The van der Waals surface area contributed by atoms with Gasteiger partial charge in [-0.1, -0.05) is 11.6 Å². The molecule has 23 heavy (non-hydrogen) atoms. The third-order valence-corrected chi connectivity index (χ3v) is 4.62. The average molecular weight is 329 g/mol. The summed E-state index contributed by atoms with van der Waals surface area (Å²) in [5, 5.41) is 1.87. The van der Waals surface area contributed by atoms with Crippen LogP contribution in [-0.2, 0) is 19.5 Å². The Hall–Kier alpha value is -2.11. The molecule has 0 aliphatic carbocycles. The van der Waals surface area contributed by atoms with Gasteiger partial charge in [0.2, 0.25) is 0 Å². The number of aromatic nitrogens is 3. The van der Waals surface area contributed by atoms with Crippen LogP contribution >= 0.6 is 11.6 Å². The molecule has 0 fully saturated rings. The second-order valence-electron chi connectivity index (χ2n) is 6.04. The highest BCUT2D eigenvalue weighted by Crippen LogP contribution is 2.25. The second-order valence-corrected chi connectivity index (χ2v) is 6.48. The van der Waals surface area contributed by atoms with Gasteiger partial charge in [0.1, 0.15) is 5.82 Å². The number of halogens is 1. The normalized spacial score (nSPS) is 15.0. The van der Waals surface area contributed by atoms with Crippen LogP contribution in [0.25, 0.3) is 10.9 Å². The van der Waals surface area contributed by atoms with Crippen molar-refractivity contribution in [2.24, 2.45) is 0 Å². The minimum Gasteiger partial charge on any atom is -0.361 e. The lowest BCUT2D eigenvalue weighted by molar-refractivity contribution is 0.242. The van der Waals surface area contributed by atoms with E-state index >= 15 is 0 Å². The fourth-order valence-corrected chi connectivity index (χ4v) is 3.43. The molecule has 1 aliphatic rings. The van der Waals surface area contributed by atoms with Crippen molar-refractivity contribution < 1.29 is 0 Å². The van der Waals surface area contributed by atoms with Gasteiger partial charge in [-0.15, -0.1) is 0 Å². The molecular formula is C17H17ClN4O. The number of hydrogen-bond acceptors (Lipinski definition) is 3. The van der Waals surface area contributed by atoms with Crippen LogP contribution < -0.4 is 5.56 Å². The summed E-state index contributed by atoms with van der Waals surface area (Å²) in [6.45, 7) is 4.14. The molecule has 0 saturated heterocycles. The molecular weight excluding hydrogens is 312 g/mol. The smallest absolute Gasteiger partial charge is 0.255 e. The zero-order valence-corrected chi connectivity index (χ0v) is 13.6. The summed E-state index contributed by atoms with van der Waals surface area (Å²) in [4.78, 5) is 25.0. The molecule has 2 aromatic heterocycles. The molecule has 0 bridgehead atoms. The molecule has 0 amide bonds. The largest absolute Gasteiger partial charge is 0.361 e. The van der Waals surface area contributed by atoms with Gasteiger partial charge < -0.3 is 9.97 Å². The van der Waals surface area contributed by atoms with Crippen LogP contribution in [0, 0.1) is 6.92 Å². The van der Waals surface area contributed by atoms with Gasteiger partial charge in [-0.2, -0.15) is 0 Å². The number of rotatable bonds is 2. The monoisotopic (exact) mass is 328 g/mol. The summed E-state index contributed by atoms with van der Waals surface area (Å²) in [6.07, 6.45) is 2.83. The van der Waals surface area contributed by atoms with E-state index in [2.05, 4.69) is 19.9 Å². The number of hydrogen-bond donors (Lipinski definition) is 2. The van der Waals surface area contributed by atoms with E-state index in [1.807, 2.05) is 31.3 Å². The molecule has 0 saturated carbocycles. The third kappa shape index (κ3) is 2.66. The first kappa shape index (κ1) is 14.5. The van der Waals surface area contributed by atoms with Crippen molar-refractivity contribution in [2.45, 2.75) is 26.4 Å². The highest BCUT2D eigenvalue weighted by atomic mass is 35.5. The number of aromatic amines is 2. The van der Waals surface area contributed by atoms with E-state index in [-0.39, 0.29) is 5.56 Å². The molecule has 0 unspecified atom stereocenters. The second kappa shape index (κ2) is 5.51. The van der Waals surface area contributed by atoms with Crippen molar-refractivity contribution >= 4 is 22.5 Å². The maximum absolute atomic E-state index is 12.1. The molecule has 0 radical (unpaired) electrons.